The highest BCUT2D eigenvalue weighted by molar-refractivity contribution is 14.1. The predicted octanol–water partition coefficient (Wildman–Crippen LogP) is 5.06. The van der Waals surface area contributed by atoms with Crippen LogP contribution in [0.5, 0.6) is 0 Å². The van der Waals surface area contributed by atoms with Crippen molar-refractivity contribution in [3.8, 4) is 0 Å². The summed E-state index contributed by atoms with van der Waals surface area (Å²) in [5.41, 5.74) is 3.45. The maximum Gasteiger partial charge on any atom is 0.269 e. The number of hydrogen-bond donors (Lipinski definition) is 1. The second-order valence-electron chi connectivity index (χ2n) is 5.27. The summed E-state index contributed by atoms with van der Waals surface area (Å²) in [7, 11) is 0. The Morgan fingerprint density at radius 1 is 1.43 bits per heavy atom. The number of nitro groups is 1. The number of fused-ring (bicyclic) bond motifs is 1. The Bertz CT molecular complexity index is 699. The molecule has 1 unspecified atom stereocenters. The fourth-order valence-electron chi connectivity index (χ4n) is 2.78. The van der Waals surface area contributed by atoms with Gasteiger partial charge in [-0.25, -0.2) is 0 Å². The van der Waals surface area contributed by atoms with Gasteiger partial charge in [0.05, 0.1) is 13.8 Å². The second kappa shape index (κ2) is 5.92. The van der Waals surface area contributed by atoms with Crippen molar-refractivity contribution < 1.29 is 4.92 Å². The van der Waals surface area contributed by atoms with Crippen molar-refractivity contribution in [1.82, 2.24) is 0 Å². The van der Waals surface area contributed by atoms with Crippen molar-refractivity contribution in [1.29, 1.82) is 0 Å². The number of hydrogen-bond acceptors (Lipinski definition) is 4. The molecule has 0 bridgehead atoms. The summed E-state index contributed by atoms with van der Waals surface area (Å²) < 4.78 is 1.33. The molecule has 0 radical (unpaired) electrons. The molecule has 1 aromatic carbocycles. The van der Waals surface area contributed by atoms with E-state index in [1.54, 1.807) is 12.1 Å². The van der Waals surface area contributed by atoms with E-state index in [4.69, 9.17) is 0 Å². The number of non-ortho nitro benzene ring substituents is 1. The monoisotopic (exact) mass is 414 g/mol. The molecule has 1 heterocycles. The Labute approximate surface area is 140 Å². The number of nitrogens with one attached hydrogen (secondary N) is 1. The van der Waals surface area contributed by atoms with Crippen LogP contribution in [0.25, 0.3) is 0 Å². The van der Waals surface area contributed by atoms with Crippen molar-refractivity contribution in [2.75, 3.05) is 5.32 Å². The zero-order valence-electron chi connectivity index (χ0n) is 11.6. The molecule has 0 spiro atoms. The molecule has 110 valence electrons. The highest BCUT2D eigenvalue weighted by Gasteiger charge is 2.23. The molecule has 0 aliphatic heterocycles. The number of anilines is 1. The molecular weight excluding hydrogens is 399 g/mol. The minimum Gasteiger partial charge on any atom is -0.378 e. The molecule has 1 aliphatic carbocycles. The standard InChI is InChI=1S/C15H15IN2O2S/c1-9-7-10(18(19)20)5-6-12(9)17-13-3-2-4-14-11(13)8-15(16)21-14/h5-8,13,17H,2-4H2,1H3. The Balaban J connectivity index is 1.86. The lowest BCUT2D eigenvalue weighted by molar-refractivity contribution is -0.384. The second-order valence-corrected chi connectivity index (χ2v) is 8.31. The van der Waals surface area contributed by atoms with Crippen LogP contribution in [0.15, 0.2) is 24.3 Å². The van der Waals surface area contributed by atoms with E-state index in [0.717, 1.165) is 17.7 Å². The van der Waals surface area contributed by atoms with Crippen LogP contribution in [0.3, 0.4) is 0 Å². The molecule has 0 fully saturated rings. The van der Waals surface area contributed by atoms with Crippen LogP contribution < -0.4 is 5.32 Å². The zero-order valence-corrected chi connectivity index (χ0v) is 14.5. The molecule has 21 heavy (non-hydrogen) atoms. The average Bonchev–Trinajstić information content (AvgIpc) is 2.82. The van der Waals surface area contributed by atoms with E-state index in [1.165, 1.54) is 26.2 Å². The van der Waals surface area contributed by atoms with Crippen LogP contribution in [-0.4, -0.2) is 4.92 Å². The highest BCUT2D eigenvalue weighted by atomic mass is 127. The summed E-state index contributed by atoms with van der Waals surface area (Å²) in [4.78, 5) is 11.9. The molecule has 6 heteroatoms. The number of halogens is 1. The van der Waals surface area contributed by atoms with E-state index in [1.807, 2.05) is 24.3 Å². The first kappa shape index (κ1) is 14.8. The first-order valence-corrected chi connectivity index (χ1v) is 8.74. The summed E-state index contributed by atoms with van der Waals surface area (Å²) in [5.74, 6) is 0. The maximum absolute atomic E-state index is 10.8. The normalized spacial score (nSPS) is 17.3. The number of nitrogens with zero attached hydrogens (tertiary/aromatic N) is 1. The van der Waals surface area contributed by atoms with Gasteiger partial charge in [-0.05, 0) is 72.0 Å². The van der Waals surface area contributed by atoms with E-state index in [0.29, 0.717) is 6.04 Å². The fraction of sp³-hybridized carbons (Fsp3) is 0.333. The number of aryl methyl sites for hydroxylation is 2. The summed E-state index contributed by atoms with van der Waals surface area (Å²) in [5, 5.41) is 14.4. The minimum atomic E-state index is -0.350. The summed E-state index contributed by atoms with van der Waals surface area (Å²) in [6.07, 6.45) is 3.46. The number of benzene rings is 1. The summed E-state index contributed by atoms with van der Waals surface area (Å²) in [6.45, 7) is 1.91. The zero-order chi connectivity index (χ0) is 15.0. The largest absolute Gasteiger partial charge is 0.378 e. The molecule has 4 nitrogen and oxygen atoms in total. The van der Waals surface area contributed by atoms with E-state index < -0.39 is 0 Å². The molecule has 0 saturated heterocycles. The first-order valence-electron chi connectivity index (χ1n) is 6.84. The molecule has 1 atom stereocenters. The summed E-state index contributed by atoms with van der Waals surface area (Å²) >= 11 is 4.25. The van der Waals surface area contributed by atoms with Gasteiger partial charge < -0.3 is 5.32 Å². The molecule has 1 N–H and O–H groups in total. The van der Waals surface area contributed by atoms with Crippen molar-refractivity contribution in [3.63, 3.8) is 0 Å². The van der Waals surface area contributed by atoms with E-state index >= 15 is 0 Å². The molecule has 0 amide bonds. The Morgan fingerprint density at radius 3 is 2.95 bits per heavy atom. The fourth-order valence-corrected chi connectivity index (χ4v) is 4.90. The molecule has 1 aliphatic rings. The van der Waals surface area contributed by atoms with Gasteiger partial charge >= 0.3 is 0 Å². The van der Waals surface area contributed by atoms with Gasteiger partial charge in [0.15, 0.2) is 0 Å². The Morgan fingerprint density at radius 2 is 2.24 bits per heavy atom. The summed E-state index contributed by atoms with van der Waals surface area (Å²) in [6, 6.07) is 7.59. The third-order valence-electron chi connectivity index (χ3n) is 3.83. The van der Waals surface area contributed by atoms with Gasteiger partial charge in [0.25, 0.3) is 5.69 Å². The molecule has 0 saturated carbocycles. The molecule has 1 aromatic heterocycles. The third kappa shape index (κ3) is 3.06. The first-order chi connectivity index (χ1) is 10.0. The van der Waals surface area contributed by atoms with Gasteiger partial charge in [0, 0.05) is 22.7 Å². The quantitative estimate of drug-likeness (QED) is 0.434. The van der Waals surface area contributed by atoms with Crippen LogP contribution in [0.4, 0.5) is 11.4 Å². The van der Waals surface area contributed by atoms with Crippen LogP contribution in [0, 0.1) is 19.9 Å². The number of thiophene rings is 1. The Kier molecular flexibility index (Phi) is 4.17. The molecular formula is C15H15IN2O2S. The van der Waals surface area contributed by atoms with Gasteiger partial charge in [-0.2, -0.15) is 0 Å². The highest BCUT2D eigenvalue weighted by Crippen LogP contribution is 2.38. The van der Waals surface area contributed by atoms with Crippen LogP contribution >= 0.6 is 33.9 Å². The number of rotatable bonds is 3. The van der Waals surface area contributed by atoms with Gasteiger partial charge in [-0.15, -0.1) is 11.3 Å². The van der Waals surface area contributed by atoms with Gasteiger partial charge in [0.2, 0.25) is 0 Å². The van der Waals surface area contributed by atoms with Crippen LogP contribution in [-0.2, 0) is 6.42 Å². The van der Waals surface area contributed by atoms with Gasteiger partial charge in [-0.1, -0.05) is 0 Å². The Hall–Kier alpha value is -1.15. The molecule has 3 rings (SSSR count). The topological polar surface area (TPSA) is 55.2 Å². The van der Waals surface area contributed by atoms with Crippen LogP contribution in [0.1, 0.15) is 34.9 Å². The van der Waals surface area contributed by atoms with E-state index in [2.05, 4.69) is 34.0 Å². The molecule has 2 aromatic rings. The lowest BCUT2D eigenvalue weighted by Gasteiger charge is -2.25. The van der Waals surface area contributed by atoms with Crippen molar-refractivity contribution >= 4 is 45.3 Å². The van der Waals surface area contributed by atoms with Crippen LogP contribution in [0.2, 0.25) is 0 Å². The van der Waals surface area contributed by atoms with E-state index in [-0.39, 0.29) is 10.6 Å². The smallest absolute Gasteiger partial charge is 0.269 e. The maximum atomic E-state index is 10.8. The van der Waals surface area contributed by atoms with Crippen molar-refractivity contribution in [2.24, 2.45) is 0 Å². The lowest BCUT2D eigenvalue weighted by Crippen LogP contribution is -2.16. The van der Waals surface area contributed by atoms with Crippen molar-refractivity contribution in [3.05, 3.63) is 53.3 Å². The average molecular weight is 414 g/mol. The van der Waals surface area contributed by atoms with Crippen molar-refractivity contribution in [2.45, 2.75) is 32.2 Å². The third-order valence-corrected chi connectivity index (χ3v) is 5.81. The minimum absolute atomic E-state index is 0.146. The predicted molar refractivity (Wildman–Crippen MR) is 94.2 cm³/mol. The van der Waals surface area contributed by atoms with Gasteiger partial charge in [0.1, 0.15) is 0 Å². The SMILES string of the molecule is Cc1cc([N+](=O)[O-])ccc1NC1CCCc2sc(I)cc21. The van der Waals surface area contributed by atoms with E-state index in [9.17, 15) is 10.1 Å². The lowest BCUT2D eigenvalue weighted by atomic mass is 9.93. The van der Waals surface area contributed by atoms with Gasteiger partial charge in [-0.3, -0.25) is 10.1 Å². The number of nitro benzene ring substituents is 1.